The van der Waals surface area contributed by atoms with Gasteiger partial charge in [0.1, 0.15) is 0 Å². The molecule has 0 aliphatic rings. The summed E-state index contributed by atoms with van der Waals surface area (Å²) < 4.78 is 5.57. The molecule has 4 nitrogen and oxygen atoms in total. The normalized spacial score (nSPS) is 15.2. The van der Waals surface area contributed by atoms with Gasteiger partial charge in [-0.1, -0.05) is 0 Å². The zero-order valence-electron chi connectivity index (χ0n) is 11.0. The molecule has 1 radical (unpaired) electrons. The first-order valence-corrected chi connectivity index (χ1v) is 5.24. The van der Waals surface area contributed by atoms with Crippen LogP contribution in [0.4, 0.5) is 0 Å². The first-order chi connectivity index (χ1) is 7.15. The van der Waals surface area contributed by atoms with E-state index >= 15 is 0 Å². The smallest absolute Gasteiger partial charge is 0.334 e. The molecule has 0 aromatic heterocycles. The number of nitrogens with zero attached hydrogens (tertiary/aromatic N) is 1. The Hall–Kier alpha value is -0.805. The van der Waals surface area contributed by atoms with E-state index in [0.29, 0.717) is 5.47 Å². The van der Waals surface area contributed by atoms with Gasteiger partial charge in [0.2, 0.25) is 0 Å². The molecule has 0 unspecified atom stereocenters. The van der Waals surface area contributed by atoms with Gasteiger partial charge in [0.05, 0.1) is 11.2 Å². The van der Waals surface area contributed by atoms with Gasteiger partial charge in [-0.2, -0.15) is 0 Å². The Kier molecular flexibility index (Phi) is 5.22. The lowest BCUT2D eigenvalue weighted by molar-refractivity contribution is -0.0895. The molecule has 0 aromatic rings. The van der Waals surface area contributed by atoms with Crippen molar-refractivity contribution < 1.29 is 9.76 Å². The van der Waals surface area contributed by atoms with Crippen molar-refractivity contribution in [2.45, 2.75) is 45.8 Å². The van der Waals surface area contributed by atoms with E-state index in [9.17, 15) is 5.11 Å². The molecule has 0 rings (SSSR count). The summed E-state index contributed by atoms with van der Waals surface area (Å²) >= 11 is 0. The Morgan fingerprint density at radius 1 is 1.38 bits per heavy atom. The first kappa shape index (κ1) is 15.2. The summed E-state index contributed by atoms with van der Waals surface area (Å²) in [7, 11) is 3.22. The lowest BCUT2D eigenvalue weighted by Crippen LogP contribution is -2.48. The van der Waals surface area contributed by atoms with Crippen molar-refractivity contribution in [3.63, 3.8) is 0 Å². The van der Waals surface area contributed by atoms with Gasteiger partial charge in [0.25, 0.3) is 0 Å². The van der Waals surface area contributed by atoms with Gasteiger partial charge in [0.15, 0.2) is 0 Å². The summed E-state index contributed by atoms with van der Waals surface area (Å²) in [6, 6.07) is 0. The van der Waals surface area contributed by atoms with Crippen molar-refractivity contribution in [1.29, 1.82) is 0 Å². The highest BCUT2D eigenvalue weighted by molar-refractivity contribution is 6.49. The average molecular weight is 225 g/mol. The minimum atomic E-state index is -0.944. The van der Waals surface area contributed by atoms with Gasteiger partial charge < -0.3 is 15.5 Å². The molecule has 16 heavy (non-hydrogen) atoms. The molecule has 0 amide bonds. The molecular weight excluding hydrogens is 203 g/mol. The molecule has 0 saturated carbocycles. The van der Waals surface area contributed by atoms with Gasteiger partial charge >= 0.3 is 7.48 Å². The topological polar surface area (TPSA) is 67.8 Å². The number of hydrogen-bond acceptors (Lipinski definition) is 4. The molecule has 0 saturated heterocycles. The number of hydrogen-bond donors (Lipinski definition) is 2. The van der Waals surface area contributed by atoms with Crippen molar-refractivity contribution in [1.82, 2.24) is 0 Å². The number of aliphatic imine (C=N–C) groups is 1. The molecule has 5 heteroatoms. The maximum atomic E-state index is 9.90. The van der Waals surface area contributed by atoms with E-state index in [2.05, 4.69) is 4.99 Å². The summed E-state index contributed by atoms with van der Waals surface area (Å²) in [6.45, 7) is 8.88. The van der Waals surface area contributed by atoms with E-state index in [1.165, 1.54) is 13.7 Å². The third kappa shape index (κ3) is 3.98. The largest absolute Gasteiger partial charge is 0.426 e. The summed E-state index contributed by atoms with van der Waals surface area (Å²) in [5.74, 6) is 0. The molecule has 0 spiro atoms. The predicted molar refractivity (Wildman–Crippen MR) is 68.5 cm³/mol. The standard InChI is InChI=1S/C11H22BN2O2/c1-8(14-6)9(7-13)12-16-11(4,5)10(2,3)15/h7,15H,13H2,1-6H3. The van der Waals surface area contributed by atoms with Crippen LogP contribution in [0.25, 0.3) is 0 Å². The Labute approximate surface area is 98.9 Å². The maximum absolute atomic E-state index is 9.90. The van der Waals surface area contributed by atoms with E-state index in [1.807, 2.05) is 20.8 Å². The summed E-state index contributed by atoms with van der Waals surface area (Å²) in [5.41, 5.74) is 5.32. The zero-order valence-corrected chi connectivity index (χ0v) is 11.0. The van der Waals surface area contributed by atoms with Crippen LogP contribution < -0.4 is 5.73 Å². The van der Waals surface area contributed by atoms with Gasteiger partial charge in [-0.25, -0.2) is 0 Å². The molecular formula is C11H22BN2O2. The molecule has 0 aromatic carbocycles. The fraction of sp³-hybridized carbons (Fsp3) is 0.727. The molecule has 91 valence electrons. The van der Waals surface area contributed by atoms with Crippen LogP contribution >= 0.6 is 0 Å². The number of aliphatic hydroxyl groups is 1. The molecule has 0 bridgehead atoms. The van der Waals surface area contributed by atoms with E-state index in [4.69, 9.17) is 10.4 Å². The second kappa shape index (κ2) is 5.50. The van der Waals surface area contributed by atoms with Crippen LogP contribution in [0.5, 0.6) is 0 Å². The third-order valence-electron chi connectivity index (χ3n) is 2.89. The molecule has 3 N–H and O–H groups in total. The SMILES string of the molecule is CN=C(C)C([B]OC(C)(C)C(C)(C)O)=CN. The van der Waals surface area contributed by atoms with Crippen LogP contribution in [-0.4, -0.2) is 36.6 Å². The van der Waals surface area contributed by atoms with Crippen LogP contribution in [-0.2, 0) is 4.65 Å². The molecule has 0 heterocycles. The van der Waals surface area contributed by atoms with Crippen molar-refractivity contribution in [3.05, 3.63) is 11.7 Å². The Morgan fingerprint density at radius 2 is 1.88 bits per heavy atom. The van der Waals surface area contributed by atoms with Gasteiger partial charge in [-0.15, -0.1) is 0 Å². The van der Waals surface area contributed by atoms with Crippen LogP contribution in [0.1, 0.15) is 34.6 Å². The Morgan fingerprint density at radius 3 is 2.19 bits per heavy atom. The Bertz CT molecular complexity index is 291. The van der Waals surface area contributed by atoms with E-state index in [0.717, 1.165) is 5.71 Å². The average Bonchev–Trinajstić information content (AvgIpc) is 2.16. The van der Waals surface area contributed by atoms with Gasteiger partial charge in [-0.05, 0) is 46.3 Å². The molecule has 0 atom stereocenters. The van der Waals surface area contributed by atoms with Gasteiger partial charge in [0, 0.05) is 12.8 Å². The van der Waals surface area contributed by atoms with Crippen LogP contribution in [0.15, 0.2) is 16.7 Å². The first-order valence-electron chi connectivity index (χ1n) is 5.24. The predicted octanol–water partition coefficient (Wildman–Crippen LogP) is 1.06. The maximum Gasteiger partial charge on any atom is 0.334 e. The van der Waals surface area contributed by atoms with E-state index in [-0.39, 0.29) is 0 Å². The van der Waals surface area contributed by atoms with Crippen molar-refractivity contribution in [2.24, 2.45) is 10.7 Å². The third-order valence-corrected chi connectivity index (χ3v) is 2.89. The minimum absolute atomic E-state index is 0.699. The summed E-state index contributed by atoms with van der Waals surface area (Å²) in [5, 5.41) is 9.90. The van der Waals surface area contributed by atoms with Crippen molar-refractivity contribution >= 4 is 13.2 Å². The highest BCUT2D eigenvalue weighted by atomic mass is 16.5. The fourth-order valence-electron chi connectivity index (χ4n) is 0.729. The van der Waals surface area contributed by atoms with Crippen LogP contribution in [0.3, 0.4) is 0 Å². The second-order valence-corrected chi connectivity index (χ2v) is 4.74. The number of allylic oxidation sites excluding steroid dienone is 1. The lowest BCUT2D eigenvalue weighted by atomic mass is 9.80. The van der Waals surface area contributed by atoms with Crippen molar-refractivity contribution in [2.75, 3.05) is 7.05 Å². The van der Waals surface area contributed by atoms with E-state index in [1.54, 1.807) is 20.9 Å². The Balaban J connectivity index is 4.57. The number of rotatable bonds is 5. The highest BCUT2D eigenvalue weighted by Crippen LogP contribution is 2.24. The lowest BCUT2D eigenvalue weighted by Gasteiger charge is -2.37. The van der Waals surface area contributed by atoms with Crippen LogP contribution in [0, 0.1) is 0 Å². The molecule has 0 aliphatic heterocycles. The second-order valence-electron chi connectivity index (χ2n) is 4.74. The summed E-state index contributed by atoms with van der Waals surface area (Å²) in [6.07, 6.45) is 1.43. The fourth-order valence-corrected chi connectivity index (χ4v) is 0.729. The summed E-state index contributed by atoms with van der Waals surface area (Å²) in [4.78, 5) is 4.02. The minimum Gasteiger partial charge on any atom is -0.426 e. The van der Waals surface area contributed by atoms with Gasteiger partial charge in [-0.3, -0.25) is 4.99 Å². The zero-order chi connectivity index (χ0) is 13.0. The molecule has 0 aliphatic carbocycles. The quantitative estimate of drug-likeness (QED) is 0.543. The molecule has 0 fully saturated rings. The highest BCUT2D eigenvalue weighted by Gasteiger charge is 2.35. The monoisotopic (exact) mass is 225 g/mol. The van der Waals surface area contributed by atoms with E-state index < -0.39 is 11.2 Å². The number of nitrogens with two attached hydrogens (primary N) is 1. The van der Waals surface area contributed by atoms with Crippen molar-refractivity contribution in [3.8, 4) is 0 Å². The van der Waals surface area contributed by atoms with Crippen LogP contribution in [0.2, 0.25) is 0 Å².